The Morgan fingerprint density at radius 3 is 2.88 bits per heavy atom. The van der Waals surface area contributed by atoms with E-state index in [0.29, 0.717) is 5.92 Å². The highest BCUT2D eigenvalue weighted by molar-refractivity contribution is 5.34. The zero-order chi connectivity index (χ0) is 17.4. The van der Waals surface area contributed by atoms with Gasteiger partial charge in [-0.25, -0.2) is 0 Å². The molecule has 0 radical (unpaired) electrons. The van der Waals surface area contributed by atoms with Gasteiger partial charge in [0.05, 0.1) is 5.60 Å². The lowest BCUT2D eigenvalue weighted by molar-refractivity contribution is -0.146. The second-order valence-electron chi connectivity index (χ2n) is 9.90. The van der Waals surface area contributed by atoms with Crippen molar-refractivity contribution < 1.29 is 5.11 Å². The molecule has 0 aromatic rings. The van der Waals surface area contributed by atoms with Crippen LogP contribution in [0.5, 0.6) is 0 Å². The van der Waals surface area contributed by atoms with Gasteiger partial charge >= 0.3 is 0 Å². The highest BCUT2D eigenvalue weighted by Crippen LogP contribution is 2.77. The van der Waals surface area contributed by atoms with E-state index in [1.54, 1.807) is 11.1 Å². The predicted molar refractivity (Wildman–Crippen MR) is 103 cm³/mol. The second-order valence-corrected chi connectivity index (χ2v) is 9.90. The van der Waals surface area contributed by atoms with Crippen LogP contribution in [0.4, 0.5) is 0 Å². The van der Waals surface area contributed by atoms with E-state index in [0.717, 1.165) is 42.4 Å². The Bertz CT molecular complexity index is 657. The summed E-state index contributed by atoms with van der Waals surface area (Å²) in [5.41, 5.74) is 2.93. The van der Waals surface area contributed by atoms with Gasteiger partial charge in [0.15, 0.2) is 0 Å². The summed E-state index contributed by atoms with van der Waals surface area (Å²) in [6.07, 6.45) is 16.8. The predicted octanol–water partition coefficient (Wildman–Crippen LogP) is 5.67. The lowest BCUT2D eigenvalue weighted by Gasteiger charge is -2.58. The Morgan fingerprint density at radius 1 is 1.28 bits per heavy atom. The van der Waals surface area contributed by atoms with Gasteiger partial charge in [-0.05, 0) is 99.4 Å². The minimum atomic E-state index is -0.461. The Labute approximate surface area is 153 Å². The van der Waals surface area contributed by atoms with Crippen LogP contribution in [0.3, 0.4) is 0 Å². The molecule has 3 saturated carbocycles. The summed E-state index contributed by atoms with van der Waals surface area (Å²) < 4.78 is 0. The molecule has 0 amide bonds. The molecule has 3 fully saturated rings. The third kappa shape index (κ3) is 1.94. The van der Waals surface area contributed by atoms with Crippen molar-refractivity contribution in [1.82, 2.24) is 0 Å². The van der Waals surface area contributed by atoms with Crippen molar-refractivity contribution in [1.29, 1.82) is 0 Å². The largest absolute Gasteiger partial charge is 0.389 e. The number of fused-ring (bicyclic) bond motifs is 7. The van der Waals surface area contributed by atoms with E-state index < -0.39 is 5.60 Å². The number of allylic oxidation sites excluding steroid dienone is 4. The van der Waals surface area contributed by atoms with E-state index in [1.165, 1.54) is 38.5 Å². The summed E-state index contributed by atoms with van der Waals surface area (Å²) in [5.74, 6) is 4.63. The van der Waals surface area contributed by atoms with Crippen molar-refractivity contribution >= 4 is 0 Å². The molecule has 1 nitrogen and oxygen atoms in total. The molecule has 5 aliphatic carbocycles. The van der Waals surface area contributed by atoms with Crippen LogP contribution in [-0.4, -0.2) is 10.7 Å². The molecule has 5 rings (SSSR count). The molecule has 0 spiro atoms. The van der Waals surface area contributed by atoms with Crippen LogP contribution in [0.1, 0.15) is 65.2 Å². The van der Waals surface area contributed by atoms with Crippen molar-refractivity contribution in [3.8, 4) is 0 Å². The Balaban J connectivity index is 1.53. The van der Waals surface area contributed by atoms with Gasteiger partial charge in [0.2, 0.25) is 0 Å². The first-order chi connectivity index (χ1) is 12.1. The molecule has 0 aliphatic heterocycles. The first-order valence-corrected chi connectivity index (χ1v) is 10.8. The molecular weight excluding hydrogens is 304 g/mol. The lowest BCUT2D eigenvalue weighted by atomic mass is 9.48. The highest BCUT2D eigenvalue weighted by atomic mass is 16.3. The zero-order valence-corrected chi connectivity index (χ0v) is 16.0. The zero-order valence-electron chi connectivity index (χ0n) is 16.0. The summed E-state index contributed by atoms with van der Waals surface area (Å²) >= 11 is 0. The van der Waals surface area contributed by atoms with E-state index in [4.69, 9.17) is 0 Å². The average Bonchev–Trinajstić information content (AvgIpc) is 3.37. The molecule has 136 valence electrons. The van der Waals surface area contributed by atoms with Gasteiger partial charge in [-0.2, -0.15) is 0 Å². The van der Waals surface area contributed by atoms with Crippen LogP contribution >= 0.6 is 0 Å². The van der Waals surface area contributed by atoms with Crippen LogP contribution in [-0.2, 0) is 0 Å². The first-order valence-electron chi connectivity index (χ1n) is 10.8. The van der Waals surface area contributed by atoms with Gasteiger partial charge in [-0.15, -0.1) is 6.58 Å². The summed E-state index contributed by atoms with van der Waals surface area (Å²) in [6.45, 7) is 8.64. The van der Waals surface area contributed by atoms with Crippen LogP contribution in [0.25, 0.3) is 0 Å². The fraction of sp³-hybridized carbons (Fsp3) is 0.750. The van der Waals surface area contributed by atoms with Crippen LogP contribution in [0, 0.1) is 40.9 Å². The molecule has 5 aliphatic rings. The van der Waals surface area contributed by atoms with Gasteiger partial charge in [0, 0.05) is 5.41 Å². The fourth-order valence-electron chi connectivity index (χ4n) is 8.31. The quantitative estimate of drug-likeness (QED) is 0.657. The Morgan fingerprint density at radius 2 is 2.12 bits per heavy atom. The van der Waals surface area contributed by atoms with Crippen molar-refractivity contribution in [2.75, 3.05) is 0 Å². The van der Waals surface area contributed by atoms with E-state index in [-0.39, 0.29) is 5.41 Å². The van der Waals surface area contributed by atoms with E-state index in [9.17, 15) is 5.11 Å². The Kier molecular flexibility index (Phi) is 3.50. The van der Waals surface area contributed by atoms with Gasteiger partial charge in [-0.3, -0.25) is 0 Å². The fourth-order valence-corrected chi connectivity index (χ4v) is 8.31. The number of hydrogen-bond donors (Lipinski definition) is 1. The summed E-state index contributed by atoms with van der Waals surface area (Å²) in [6, 6.07) is 0. The summed E-state index contributed by atoms with van der Waals surface area (Å²) in [5, 5.41) is 11.8. The molecule has 25 heavy (non-hydrogen) atoms. The van der Waals surface area contributed by atoms with Gasteiger partial charge < -0.3 is 5.11 Å². The van der Waals surface area contributed by atoms with E-state index in [2.05, 4.69) is 32.6 Å². The molecule has 0 bridgehead atoms. The molecule has 1 N–H and O–H groups in total. The topological polar surface area (TPSA) is 20.2 Å². The monoisotopic (exact) mass is 338 g/mol. The minimum Gasteiger partial charge on any atom is -0.389 e. The molecule has 0 aromatic heterocycles. The molecule has 0 saturated heterocycles. The number of rotatable bonds is 3. The molecule has 0 heterocycles. The van der Waals surface area contributed by atoms with Crippen LogP contribution in [0.15, 0.2) is 36.0 Å². The number of hydrogen-bond acceptors (Lipinski definition) is 1. The third-order valence-electron chi connectivity index (χ3n) is 9.27. The van der Waals surface area contributed by atoms with Crippen LogP contribution in [0.2, 0.25) is 0 Å². The lowest BCUT2D eigenvalue weighted by Crippen LogP contribution is -2.56. The van der Waals surface area contributed by atoms with Crippen molar-refractivity contribution in [2.45, 2.75) is 70.8 Å². The van der Waals surface area contributed by atoms with Gasteiger partial charge in [-0.1, -0.05) is 30.7 Å². The van der Waals surface area contributed by atoms with Crippen molar-refractivity contribution in [2.24, 2.45) is 40.9 Å². The van der Waals surface area contributed by atoms with E-state index >= 15 is 0 Å². The maximum absolute atomic E-state index is 11.8. The SMILES string of the molecule is C=CC[C@]1(O)[C@H]2C[C@H]2C2C3CC=C4C=C(C)CC[C@@H]4C3CC[C@@]21CC. The number of aliphatic hydroxyl groups is 1. The van der Waals surface area contributed by atoms with Gasteiger partial charge in [0.25, 0.3) is 0 Å². The minimum absolute atomic E-state index is 0.168. The molecular formula is C24H34O. The molecule has 1 heteroatoms. The average molecular weight is 339 g/mol. The van der Waals surface area contributed by atoms with Crippen LogP contribution < -0.4 is 0 Å². The Hall–Kier alpha value is -0.820. The molecule has 0 aromatic carbocycles. The molecule has 8 atom stereocenters. The standard InChI is InChI=1S/C24H34O/c1-4-11-24(25)21-14-20(21)22-19-9-7-16-13-15(3)6-8-17(16)18(19)10-12-23(22,24)5-2/h4,7,13,17-22,25H,1,5-6,8-12,14H2,2-3H3/t17-,18?,19?,20+,21-,22?,23-,24-/m0/s1. The second kappa shape index (κ2) is 5.35. The third-order valence-corrected chi connectivity index (χ3v) is 9.27. The summed E-state index contributed by atoms with van der Waals surface area (Å²) in [7, 11) is 0. The maximum Gasteiger partial charge on any atom is 0.0771 e. The van der Waals surface area contributed by atoms with E-state index in [1.807, 2.05) is 6.08 Å². The normalized spacial score (nSPS) is 52.9. The van der Waals surface area contributed by atoms with Crippen molar-refractivity contribution in [3.63, 3.8) is 0 Å². The molecule has 3 unspecified atom stereocenters. The summed E-state index contributed by atoms with van der Waals surface area (Å²) in [4.78, 5) is 0. The van der Waals surface area contributed by atoms with Gasteiger partial charge in [0.1, 0.15) is 0 Å². The maximum atomic E-state index is 11.8. The highest BCUT2D eigenvalue weighted by Gasteiger charge is 2.75. The first kappa shape index (κ1) is 16.4. The smallest absolute Gasteiger partial charge is 0.0771 e. The van der Waals surface area contributed by atoms with Crippen molar-refractivity contribution in [3.05, 3.63) is 36.0 Å².